The van der Waals surface area contributed by atoms with Gasteiger partial charge in [0.05, 0.1) is 0 Å². The molecule has 0 amide bonds. The molecule has 154 valence electrons. The highest BCUT2D eigenvalue weighted by Crippen LogP contribution is 2.29. The zero-order valence-electron chi connectivity index (χ0n) is 16.0. The normalized spacial score (nSPS) is 11.8. The molecule has 0 aliphatic carbocycles. The summed E-state index contributed by atoms with van der Waals surface area (Å²) in [5.41, 5.74) is 2.48. The van der Waals surface area contributed by atoms with E-state index >= 15 is 0 Å². The van der Waals surface area contributed by atoms with E-state index in [9.17, 15) is 22.0 Å². The Labute approximate surface area is 166 Å². The molecule has 0 radical (unpaired) electrons. The summed E-state index contributed by atoms with van der Waals surface area (Å²) in [5, 5.41) is 0.738. The lowest BCUT2D eigenvalue weighted by Gasteiger charge is -2.12. The van der Waals surface area contributed by atoms with E-state index < -0.39 is 24.3 Å². The van der Waals surface area contributed by atoms with Crippen molar-refractivity contribution in [3.8, 4) is 5.75 Å². The first-order valence-electron chi connectivity index (χ1n) is 9.45. The van der Waals surface area contributed by atoms with E-state index in [0.29, 0.717) is 23.8 Å². The van der Waals surface area contributed by atoms with Crippen LogP contribution >= 0.6 is 0 Å². The average Bonchev–Trinajstić information content (AvgIpc) is 2.66. The fourth-order valence-electron chi connectivity index (χ4n) is 3.26. The van der Waals surface area contributed by atoms with Crippen LogP contribution in [0, 0.1) is 11.6 Å². The zero-order valence-corrected chi connectivity index (χ0v) is 16.0. The van der Waals surface area contributed by atoms with Gasteiger partial charge in [-0.15, -0.1) is 0 Å². The van der Waals surface area contributed by atoms with Gasteiger partial charge in [-0.3, -0.25) is 0 Å². The fourth-order valence-corrected chi connectivity index (χ4v) is 3.26. The van der Waals surface area contributed by atoms with Gasteiger partial charge in [-0.2, -0.15) is 13.2 Å². The van der Waals surface area contributed by atoms with Gasteiger partial charge in [0.15, 0.2) is 18.2 Å². The minimum absolute atomic E-state index is 0.184. The highest BCUT2D eigenvalue weighted by atomic mass is 19.4. The van der Waals surface area contributed by atoms with Crippen LogP contribution < -0.4 is 4.74 Å². The summed E-state index contributed by atoms with van der Waals surface area (Å²) in [6, 6.07) is 13.0. The number of rotatable bonds is 7. The van der Waals surface area contributed by atoms with Crippen LogP contribution in [0.3, 0.4) is 0 Å². The van der Waals surface area contributed by atoms with Crippen molar-refractivity contribution in [1.29, 1.82) is 0 Å². The average molecular weight is 408 g/mol. The quantitative estimate of drug-likeness (QED) is 0.391. The molecule has 3 rings (SSSR count). The predicted molar refractivity (Wildman–Crippen MR) is 103 cm³/mol. The van der Waals surface area contributed by atoms with Gasteiger partial charge in [-0.1, -0.05) is 49.7 Å². The summed E-state index contributed by atoms with van der Waals surface area (Å²) in [7, 11) is 0. The van der Waals surface area contributed by atoms with Crippen LogP contribution in [0.5, 0.6) is 5.75 Å². The van der Waals surface area contributed by atoms with Crippen molar-refractivity contribution in [3.05, 3.63) is 76.9 Å². The maximum absolute atomic E-state index is 14.4. The number of hydrogen-bond acceptors (Lipinski definition) is 1. The Morgan fingerprint density at radius 1 is 0.828 bits per heavy atom. The van der Waals surface area contributed by atoms with E-state index in [0.717, 1.165) is 24.0 Å². The first-order valence-corrected chi connectivity index (χ1v) is 9.45. The molecule has 6 heteroatoms. The molecular formula is C23H21F5O. The number of aryl methyl sites for hydroxylation is 3. The molecule has 0 saturated carbocycles. The van der Waals surface area contributed by atoms with Gasteiger partial charge in [0.2, 0.25) is 0 Å². The highest BCUT2D eigenvalue weighted by molar-refractivity contribution is 5.85. The summed E-state index contributed by atoms with van der Waals surface area (Å²) >= 11 is 0. The Balaban J connectivity index is 1.73. The van der Waals surface area contributed by atoms with E-state index in [4.69, 9.17) is 0 Å². The van der Waals surface area contributed by atoms with Gasteiger partial charge >= 0.3 is 6.18 Å². The molecule has 0 aliphatic rings. The van der Waals surface area contributed by atoms with Crippen LogP contribution in [0.15, 0.2) is 48.5 Å². The molecule has 0 heterocycles. The van der Waals surface area contributed by atoms with Crippen molar-refractivity contribution in [2.75, 3.05) is 6.61 Å². The third-order valence-corrected chi connectivity index (χ3v) is 4.71. The van der Waals surface area contributed by atoms with Crippen molar-refractivity contribution in [1.82, 2.24) is 0 Å². The van der Waals surface area contributed by atoms with Crippen molar-refractivity contribution in [2.24, 2.45) is 0 Å². The van der Waals surface area contributed by atoms with Crippen molar-refractivity contribution in [3.63, 3.8) is 0 Å². The van der Waals surface area contributed by atoms with Gasteiger partial charge in [0.25, 0.3) is 0 Å². The molecule has 0 saturated heterocycles. The largest absolute Gasteiger partial charge is 0.481 e. The van der Waals surface area contributed by atoms with Crippen LogP contribution in [0.1, 0.15) is 30.0 Å². The molecule has 29 heavy (non-hydrogen) atoms. The molecule has 3 aromatic rings. The van der Waals surface area contributed by atoms with Gasteiger partial charge in [-0.05, 0) is 53.5 Å². The number of halogens is 5. The summed E-state index contributed by atoms with van der Waals surface area (Å²) in [4.78, 5) is 0. The molecule has 0 fully saturated rings. The van der Waals surface area contributed by atoms with Crippen molar-refractivity contribution in [2.45, 2.75) is 38.8 Å². The molecule has 0 N–H and O–H groups in total. The molecular weight excluding hydrogens is 387 g/mol. The lowest BCUT2D eigenvalue weighted by atomic mass is 9.99. The number of ether oxygens (including phenoxy) is 1. The number of hydrogen-bond donors (Lipinski definition) is 0. The lowest BCUT2D eigenvalue weighted by Crippen LogP contribution is -2.19. The summed E-state index contributed by atoms with van der Waals surface area (Å²) in [6.07, 6.45) is -1.68. The van der Waals surface area contributed by atoms with Crippen LogP contribution in [0.4, 0.5) is 22.0 Å². The Hall–Kier alpha value is -2.63. The Morgan fingerprint density at radius 3 is 2.24 bits per heavy atom. The van der Waals surface area contributed by atoms with Gasteiger partial charge in [0, 0.05) is 5.39 Å². The standard InChI is InChI=1S/C23H21F5O/c1-2-3-15-4-7-17(20(24)13-15)8-5-16-6-10-19-18(12-16)9-11-21(22(19)25)29-14-23(26,27)28/h4,6-7,9-13H,2-3,5,8,14H2,1H3. The molecule has 0 unspecified atom stereocenters. The smallest absolute Gasteiger partial charge is 0.422 e. The SMILES string of the molecule is CCCc1ccc(CCc2ccc3c(F)c(OCC(F)(F)F)ccc3c2)c(F)c1. The molecule has 0 aliphatic heterocycles. The van der Waals surface area contributed by atoms with Gasteiger partial charge < -0.3 is 4.74 Å². The second-order valence-corrected chi connectivity index (χ2v) is 7.01. The molecule has 0 spiro atoms. The second-order valence-electron chi connectivity index (χ2n) is 7.01. The van der Waals surface area contributed by atoms with Gasteiger partial charge in [0.1, 0.15) is 5.82 Å². The fraction of sp³-hybridized carbons (Fsp3) is 0.304. The molecule has 0 bridgehead atoms. The topological polar surface area (TPSA) is 9.23 Å². The Bertz CT molecular complexity index is 994. The molecule has 1 nitrogen and oxygen atoms in total. The molecule has 0 atom stereocenters. The van der Waals surface area contributed by atoms with E-state index in [1.165, 1.54) is 18.2 Å². The Kier molecular flexibility index (Phi) is 6.40. The number of alkyl halides is 3. The van der Waals surface area contributed by atoms with Crippen LogP contribution in [0.2, 0.25) is 0 Å². The molecule has 0 aromatic heterocycles. The highest BCUT2D eigenvalue weighted by Gasteiger charge is 2.29. The monoisotopic (exact) mass is 408 g/mol. The first-order chi connectivity index (χ1) is 13.8. The zero-order chi connectivity index (χ0) is 21.0. The minimum atomic E-state index is -4.53. The molecule has 3 aromatic carbocycles. The predicted octanol–water partition coefficient (Wildman–Crippen LogP) is 6.80. The summed E-state index contributed by atoms with van der Waals surface area (Å²) < 4.78 is 70.1. The van der Waals surface area contributed by atoms with E-state index in [2.05, 4.69) is 4.74 Å². The van der Waals surface area contributed by atoms with Crippen LogP contribution in [-0.2, 0) is 19.3 Å². The van der Waals surface area contributed by atoms with E-state index in [-0.39, 0.29) is 11.2 Å². The summed E-state index contributed by atoms with van der Waals surface area (Å²) in [6.45, 7) is 0.496. The Morgan fingerprint density at radius 2 is 1.55 bits per heavy atom. The van der Waals surface area contributed by atoms with E-state index in [1.807, 2.05) is 13.0 Å². The second kappa shape index (κ2) is 8.80. The van der Waals surface area contributed by atoms with Gasteiger partial charge in [-0.25, -0.2) is 8.78 Å². The minimum Gasteiger partial charge on any atom is -0.481 e. The number of benzene rings is 3. The van der Waals surface area contributed by atoms with Crippen LogP contribution in [-0.4, -0.2) is 12.8 Å². The van der Waals surface area contributed by atoms with Crippen molar-refractivity contribution < 1.29 is 26.7 Å². The lowest BCUT2D eigenvalue weighted by molar-refractivity contribution is -0.153. The maximum atomic E-state index is 14.4. The van der Waals surface area contributed by atoms with Crippen molar-refractivity contribution >= 4 is 10.8 Å². The number of fused-ring (bicyclic) bond motifs is 1. The van der Waals surface area contributed by atoms with E-state index in [1.54, 1.807) is 24.3 Å². The first kappa shape index (κ1) is 21.1. The maximum Gasteiger partial charge on any atom is 0.422 e. The third-order valence-electron chi connectivity index (χ3n) is 4.71. The summed E-state index contributed by atoms with van der Waals surface area (Å²) in [5.74, 6) is -1.48. The third kappa shape index (κ3) is 5.46. The van der Waals surface area contributed by atoms with Crippen LogP contribution in [0.25, 0.3) is 10.8 Å².